The summed E-state index contributed by atoms with van der Waals surface area (Å²) in [4.78, 5) is 0. The number of nitrogens with two attached hydrogens (primary N) is 1. The zero-order chi connectivity index (χ0) is 12.7. The van der Waals surface area contributed by atoms with Gasteiger partial charge in [0.2, 0.25) is 0 Å². The Balaban J connectivity index is 2.25. The molecule has 1 atom stereocenters. The number of sulfone groups is 1. The zero-order valence-corrected chi connectivity index (χ0v) is 10.7. The first-order valence-electron chi connectivity index (χ1n) is 5.24. The second-order valence-electron chi connectivity index (χ2n) is 4.59. The van der Waals surface area contributed by atoms with Crippen LogP contribution in [0.3, 0.4) is 0 Å². The Bertz CT molecular complexity index is 546. The van der Waals surface area contributed by atoms with Crippen LogP contribution in [0.2, 0.25) is 5.02 Å². The van der Waals surface area contributed by atoms with E-state index in [1.165, 1.54) is 6.07 Å². The van der Waals surface area contributed by atoms with Crippen LogP contribution in [0, 0.1) is 5.82 Å². The van der Waals surface area contributed by atoms with Crippen LogP contribution >= 0.6 is 11.6 Å². The first-order valence-corrected chi connectivity index (χ1v) is 7.43. The van der Waals surface area contributed by atoms with Crippen molar-refractivity contribution in [1.82, 2.24) is 0 Å². The molecule has 1 heterocycles. The van der Waals surface area contributed by atoms with E-state index in [1.54, 1.807) is 12.1 Å². The normalized spacial score (nSPS) is 27.2. The predicted molar refractivity (Wildman–Crippen MR) is 65.3 cm³/mol. The van der Waals surface area contributed by atoms with E-state index in [9.17, 15) is 12.8 Å². The van der Waals surface area contributed by atoms with Gasteiger partial charge in [-0.05, 0) is 24.5 Å². The Morgan fingerprint density at radius 3 is 2.76 bits per heavy atom. The van der Waals surface area contributed by atoms with E-state index >= 15 is 0 Å². The average Bonchev–Trinajstić information content (AvgIpc) is 2.49. The molecule has 0 radical (unpaired) electrons. The molecule has 0 spiro atoms. The van der Waals surface area contributed by atoms with Gasteiger partial charge in [-0.25, -0.2) is 12.8 Å². The lowest BCUT2D eigenvalue weighted by atomic mass is 9.91. The van der Waals surface area contributed by atoms with Crippen LogP contribution in [0.5, 0.6) is 0 Å². The van der Waals surface area contributed by atoms with E-state index < -0.39 is 21.2 Å². The van der Waals surface area contributed by atoms with Crippen LogP contribution in [-0.2, 0) is 16.3 Å². The Kier molecular flexibility index (Phi) is 3.18. The Morgan fingerprint density at radius 2 is 2.18 bits per heavy atom. The van der Waals surface area contributed by atoms with E-state index in [-0.39, 0.29) is 22.9 Å². The third-order valence-corrected chi connectivity index (χ3v) is 5.13. The van der Waals surface area contributed by atoms with E-state index in [2.05, 4.69) is 0 Å². The van der Waals surface area contributed by atoms with Crippen molar-refractivity contribution in [2.45, 2.75) is 18.4 Å². The molecule has 1 aliphatic rings. The molecule has 1 aliphatic heterocycles. The van der Waals surface area contributed by atoms with Gasteiger partial charge < -0.3 is 5.73 Å². The van der Waals surface area contributed by atoms with Gasteiger partial charge in [0.25, 0.3) is 0 Å². The van der Waals surface area contributed by atoms with Gasteiger partial charge in [0.1, 0.15) is 5.82 Å². The molecule has 0 bridgehead atoms. The molecule has 1 aromatic carbocycles. The third-order valence-electron chi connectivity index (χ3n) is 2.99. The van der Waals surface area contributed by atoms with Crippen molar-refractivity contribution in [2.75, 3.05) is 11.5 Å². The SMILES string of the molecule is NC1(Cc2cccc(Cl)c2F)CCS(=O)(=O)C1. The highest BCUT2D eigenvalue weighted by Crippen LogP contribution is 2.27. The third kappa shape index (κ3) is 2.78. The minimum Gasteiger partial charge on any atom is -0.324 e. The molecule has 0 aliphatic carbocycles. The average molecular weight is 278 g/mol. The summed E-state index contributed by atoms with van der Waals surface area (Å²) in [7, 11) is -3.08. The molecule has 0 amide bonds. The molecule has 2 rings (SSSR count). The van der Waals surface area contributed by atoms with E-state index in [4.69, 9.17) is 17.3 Å². The molecule has 94 valence electrons. The summed E-state index contributed by atoms with van der Waals surface area (Å²) in [5.41, 5.74) is 5.50. The number of hydrogen-bond donors (Lipinski definition) is 1. The maximum atomic E-state index is 13.7. The minimum absolute atomic E-state index is 0.0342. The van der Waals surface area contributed by atoms with Crippen LogP contribution in [0.25, 0.3) is 0 Å². The highest BCUT2D eigenvalue weighted by Gasteiger charge is 2.39. The number of hydrogen-bond acceptors (Lipinski definition) is 3. The van der Waals surface area contributed by atoms with Crippen molar-refractivity contribution in [3.63, 3.8) is 0 Å². The summed E-state index contributed by atoms with van der Waals surface area (Å²) >= 11 is 5.67. The second kappa shape index (κ2) is 4.23. The van der Waals surface area contributed by atoms with Gasteiger partial charge in [-0.3, -0.25) is 0 Å². The highest BCUT2D eigenvalue weighted by atomic mass is 35.5. The van der Waals surface area contributed by atoms with E-state index in [0.717, 1.165) is 0 Å². The molecular weight excluding hydrogens is 265 g/mol. The Morgan fingerprint density at radius 1 is 1.47 bits per heavy atom. The van der Waals surface area contributed by atoms with Crippen LogP contribution in [0.1, 0.15) is 12.0 Å². The molecule has 6 heteroatoms. The Labute approximate surface area is 105 Å². The molecule has 0 aromatic heterocycles. The van der Waals surface area contributed by atoms with Crippen LogP contribution < -0.4 is 5.73 Å². The van der Waals surface area contributed by atoms with Crippen LogP contribution in [0.15, 0.2) is 18.2 Å². The largest absolute Gasteiger partial charge is 0.324 e. The lowest BCUT2D eigenvalue weighted by Gasteiger charge is -2.22. The molecule has 2 N–H and O–H groups in total. The molecule has 1 fully saturated rings. The molecule has 1 saturated heterocycles. The maximum absolute atomic E-state index is 13.7. The summed E-state index contributed by atoms with van der Waals surface area (Å²) in [6.45, 7) is 0. The van der Waals surface area contributed by atoms with Crippen molar-refractivity contribution in [3.8, 4) is 0 Å². The maximum Gasteiger partial charge on any atom is 0.152 e. The quantitative estimate of drug-likeness (QED) is 0.892. The molecule has 1 aromatic rings. The van der Waals surface area contributed by atoms with Gasteiger partial charge >= 0.3 is 0 Å². The van der Waals surface area contributed by atoms with Crippen molar-refractivity contribution in [2.24, 2.45) is 5.73 Å². The minimum atomic E-state index is -3.08. The smallest absolute Gasteiger partial charge is 0.152 e. The summed E-state index contributed by atoms with van der Waals surface area (Å²) < 4.78 is 36.5. The van der Waals surface area contributed by atoms with Crippen molar-refractivity contribution in [1.29, 1.82) is 0 Å². The highest BCUT2D eigenvalue weighted by molar-refractivity contribution is 7.91. The number of benzene rings is 1. The molecule has 0 saturated carbocycles. The zero-order valence-electron chi connectivity index (χ0n) is 9.12. The van der Waals surface area contributed by atoms with Crippen molar-refractivity contribution in [3.05, 3.63) is 34.6 Å². The van der Waals surface area contributed by atoms with E-state index in [1.807, 2.05) is 0 Å². The fourth-order valence-electron chi connectivity index (χ4n) is 2.14. The van der Waals surface area contributed by atoms with Crippen molar-refractivity contribution >= 4 is 21.4 Å². The topological polar surface area (TPSA) is 60.2 Å². The number of rotatable bonds is 2. The monoisotopic (exact) mass is 277 g/mol. The van der Waals surface area contributed by atoms with Crippen LogP contribution in [-0.4, -0.2) is 25.5 Å². The molecule has 17 heavy (non-hydrogen) atoms. The lowest BCUT2D eigenvalue weighted by Crippen LogP contribution is -2.43. The van der Waals surface area contributed by atoms with Crippen LogP contribution in [0.4, 0.5) is 4.39 Å². The second-order valence-corrected chi connectivity index (χ2v) is 7.19. The van der Waals surface area contributed by atoms with Gasteiger partial charge in [-0.15, -0.1) is 0 Å². The summed E-state index contributed by atoms with van der Waals surface area (Å²) in [5, 5.41) is 0.0342. The molecular formula is C11H13ClFNO2S. The van der Waals surface area contributed by atoms with Gasteiger partial charge in [0.15, 0.2) is 9.84 Å². The van der Waals surface area contributed by atoms with Gasteiger partial charge in [0, 0.05) is 5.54 Å². The Hall–Kier alpha value is -0.650. The first kappa shape index (κ1) is 12.8. The van der Waals surface area contributed by atoms with Gasteiger partial charge in [-0.2, -0.15) is 0 Å². The lowest BCUT2D eigenvalue weighted by molar-refractivity contribution is 0.463. The molecule has 3 nitrogen and oxygen atoms in total. The van der Waals surface area contributed by atoms with Crippen molar-refractivity contribution < 1.29 is 12.8 Å². The summed E-state index contributed by atoms with van der Waals surface area (Å²) in [5.74, 6) is -0.527. The van der Waals surface area contributed by atoms with Gasteiger partial charge in [0.05, 0.1) is 16.5 Å². The summed E-state index contributed by atoms with van der Waals surface area (Å²) in [6, 6.07) is 4.67. The molecule has 1 unspecified atom stereocenters. The predicted octanol–water partition coefficient (Wildman–Crippen LogP) is 1.54. The fourth-order valence-corrected chi connectivity index (χ4v) is 4.32. The number of halogens is 2. The van der Waals surface area contributed by atoms with E-state index in [0.29, 0.717) is 12.0 Å². The first-order chi connectivity index (χ1) is 7.81. The fraction of sp³-hybridized carbons (Fsp3) is 0.455. The van der Waals surface area contributed by atoms with Gasteiger partial charge in [-0.1, -0.05) is 23.7 Å². The standard InChI is InChI=1S/C11H13ClFNO2S/c12-9-3-1-2-8(10(9)13)6-11(14)4-5-17(15,16)7-11/h1-3H,4-7,14H2. The summed E-state index contributed by atoms with van der Waals surface area (Å²) in [6.07, 6.45) is 0.555.